The molecule has 0 aromatic heterocycles. The summed E-state index contributed by atoms with van der Waals surface area (Å²) in [6.45, 7) is 8.49. The van der Waals surface area contributed by atoms with Crippen LogP contribution in [0.4, 0.5) is 0 Å². The molecule has 0 aromatic rings. The maximum Gasteiger partial charge on any atom is 0.0679 e. The van der Waals surface area contributed by atoms with Crippen molar-refractivity contribution in [2.75, 3.05) is 6.61 Å². The number of allylic oxidation sites excluding steroid dienone is 1. The topological polar surface area (TPSA) is 9.23 Å². The molecule has 1 heterocycles. The fraction of sp³-hybridized carbons (Fsp3) is 0.733. The molecule has 1 heteroatoms. The largest absolute Gasteiger partial charge is 0.374 e. The van der Waals surface area contributed by atoms with E-state index in [4.69, 9.17) is 4.74 Å². The quantitative estimate of drug-likeness (QED) is 0.408. The molecule has 0 radical (unpaired) electrons. The summed E-state index contributed by atoms with van der Waals surface area (Å²) in [4.78, 5) is 0. The van der Waals surface area contributed by atoms with Crippen molar-refractivity contribution in [3.63, 3.8) is 0 Å². The number of hydrogen-bond acceptors (Lipinski definition) is 1. The van der Waals surface area contributed by atoms with Crippen molar-refractivity contribution in [1.82, 2.24) is 0 Å². The molecular formula is C15H26O. The first-order valence-electron chi connectivity index (χ1n) is 6.72. The standard InChI is InChI=1S/C15H26O/c1-3-4-5-6-7-8-9-10-11-15-12-14(2)13-16-15/h3,15H,1-2,4-13H2. The molecule has 1 aliphatic heterocycles. The van der Waals surface area contributed by atoms with Gasteiger partial charge in [-0.15, -0.1) is 6.58 Å². The third-order valence-corrected chi connectivity index (χ3v) is 3.22. The summed E-state index contributed by atoms with van der Waals surface area (Å²) in [5.74, 6) is 0. The third kappa shape index (κ3) is 6.12. The van der Waals surface area contributed by atoms with Gasteiger partial charge in [0.15, 0.2) is 0 Å². The van der Waals surface area contributed by atoms with E-state index in [1.54, 1.807) is 0 Å². The second kappa shape index (κ2) is 8.58. The third-order valence-electron chi connectivity index (χ3n) is 3.22. The Morgan fingerprint density at radius 2 is 1.81 bits per heavy atom. The van der Waals surface area contributed by atoms with E-state index in [0.29, 0.717) is 6.10 Å². The summed E-state index contributed by atoms with van der Waals surface area (Å²) in [6.07, 6.45) is 14.1. The van der Waals surface area contributed by atoms with Gasteiger partial charge in [-0.1, -0.05) is 44.8 Å². The first-order chi connectivity index (χ1) is 7.83. The fourth-order valence-corrected chi connectivity index (χ4v) is 2.23. The summed E-state index contributed by atoms with van der Waals surface area (Å²) < 4.78 is 5.61. The van der Waals surface area contributed by atoms with Crippen molar-refractivity contribution in [3.8, 4) is 0 Å². The smallest absolute Gasteiger partial charge is 0.0679 e. The van der Waals surface area contributed by atoms with Gasteiger partial charge in [0.05, 0.1) is 12.7 Å². The lowest BCUT2D eigenvalue weighted by Crippen LogP contribution is -2.03. The molecule has 0 spiro atoms. The van der Waals surface area contributed by atoms with Crippen LogP contribution >= 0.6 is 0 Å². The van der Waals surface area contributed by atoms with Crippen molar-refractivity contribution in [2.45, 2.75) is 63.9 Å². The lowest BCUT2D eigenvalue weighted by Gasteiger charge is -2.07. The minimum Gasteiger partial charge on any atom is -0.374 e. The Morgan fingerprint density at radius 1 is 1.12 bits per heavy atom. The molecule has 1 saturated heterocycles. The van der Waals surface area contributed by atoms with Gasteiger partial charge in [-0.25, -0.2) is 0 Å². The molecule has 0 saturated carbocycles. The van der Waals surface area contributed by atoms with Gasteiger partial charge in [0.1, 0.15) is 0 Å². The highest BCUT2D eigenvalue weighted by Gasteiger charge is 2.17. The Labute approximate surface area is 101 Å². The molecule has 92 valence electrons. The van der Waals surface area contributed by atoms with E-state index in [9.17, 15) is 0 Å². The Kier molecular flexibility index (Phi) is 7.24. The number of rotatable bonds is 9. The molecule has 1 fully saturated rings. The molecule has 0 amide bonds. The van der Waals surface area contributed by atoms with Crippen molar-refractivity contribution in [3.05, 3.63) is 24.8 Å². The molecule has 16 heavy (non-hydrogen) atoms. The van der Waals surface area contributed by atoms with E-state index in [0.717, 1.165) is 13.0 Å². The minimum atomic E-state index is 0.480. The predicted octanol–water partition coefficient (Wildman–Crippen LogP) is 4.64. The summed E-state index contributed by atoms with van der Waals surface area (Å²) in [5, 5.41) is 0. The Bertz CT molecular complexity index is 207. The summed E-state index contributed by atoms with van der Waals surface area (Å²) >= 11 is 0. The van der Waals surface area contributed by atoms with Crippen LogP contribution < -0.4 is 0 Å². The van der Waals surface area contributed by atoms with Gasteiger partial charge in [-0.3, -0.25) is 0 Å². The SMILES string of the molecule is C=CCCCCCCCCC1CC(=C)CO1. The van der Waals surface area contributed by atoms with Gasteiger partial charge in [0, 0.05) is 0 Å². The van der Waals surface area contributed by atoms with Crippen LogP contribution in [0.2, 0.25) is 0 Å². The number of unbranched alkanes of at least 4 members (excludes halogenated alkanes) is 6. The van der Waals surface area contributed by atoms with E-state index < -0.39 is 0 Å². The number of hydrogen-bond donors (Lipinski definition) is 0. The van der Waals surface area contributed by atoms with E-state index in [1.807, 2.05) is 6.08 Å². The molecule has 1 unspecified atom stereocenters. The highest BCUT2D eigenvalue weighted by molar-refractivity contribution is 5.01. The van der Waals surface area contributed by atoms with Crippen LogP contribution in [0.15, 0.2) is 24.8 Å². The van der Waals surface area contributed by atoms with E-state index >= 15 is 0 Å². The summed E-state index contributed by atoms with van der Waals surface area (Å²) in [5.41, 5.74) is 1.27. The molecule has 0 aliphatic carbocycles. The summed E-state index contributed by atoms with van der Waals surface area (Å²) in [7, 11) is 0. The van der Waals surface area contributed by atoms with E-state index in [-0.39, 0.29) is 0 Å². The van der Waals surface area contributed by atoms with Crippen LogP contribution in [0, 0.1) is 0 Å². The molecule has 0 bridgehead atoms. The van der Waals surface area contributed by atoms with Gasteiger partial charge in [0.2, 0.25) is 0 Å². The fourth-order valence-electron chi connectivity index (χ4n) is 2.23. The first kappa shape index (κ1) is 13.5. The average Bonchev–Trinajstić information content (AvgIpc) is 2.68. The van der Waals surface area contributed by atoms with Gasteiger partial charge in [-0.2, -0.15) is 0 Å². The lowest BCUT2D eigenvalue weighted by molar-refractivity contribution is 0.104. The number of ether oxygens (including phenoxy) is 1. The highest BCUT2D eigenvalue weighted by Crippen LogP contribution is 2.21. The van der Waals surface area contributed by atoms with Crippen LogP contribution in [-0.2, 0) is 4.74 Å². The van der Waals surface area contributed by atoms with Gasteiger partial charge in [-0.05, 0) is 31.3 Å². The highest BCUT2D eigenvalue weighted by atomic mass is 16.5. The van der Waals surface area contributed by atoms with Crippen LogP contribution in [0.3, 0.4) is 0 Å². The molecular weight excluding hydrogens is 196 g/mol. The van der Waals surface area contributed by atoms with Crippen LogP contribution in [0.5, 0.6) is 0 Å². The van der Waals surface area contributed by atoms with Crippen LogP contribution in [0.1, 0.15) is 57.8 Å². The van der Waals surface area contributed by atoms with Crippen molar-refractivity contribution in [1.29, 1.82) is 0 Å². The van der Waals surface area contributed by atoms with Crippen LogP contribution in [0.25, 0.3) is 0 Å². The molecule has 1 aliphatic rings. The maximum atomic E-state index is 5.61. The molecule has 1 rings (SSSR count). The Morgan fingerprint density at radius 3 is 2.44 bits per heavy atom. The Hall–Kier alpha value is -0.560. The monoisotopic (exact) mass is 222 g/mol. The maximum absolute atomic E-state index is 5.61. The molecule has 0 N–H and O–H groups in total. The van der Waals surface area contributed by atoms with Crippen molar-refractivity contribution >= 4 is 0 Å². The van der Waals surface area contributed by atoms with E-state index in [2.05, 4.69) is 13.2 Å². The van der Waals surface area contributed by atoms with Gasteiger partial charge < -0.3 is 4.74 Å². The predicted molar refractivity (Wildman–Crippen MR) is 70.6 cm³/mol. The van der Waals surface area contributed by atoms with E-state index in [1.165, 1.54) is 56.9 Å². The first-order valence-corrected chi connectivity index (χ1v) is 6.72. The molecule has 1 atom stereocenters. The molecule has 0 aromatic carbocycles. The normalized spacial score (nSPS) is 20.2. The van der Waals surface area contributed by atoms with Crippen molar-refractivity contribution < 1.29 is 4.74 Å². The zero-order chi connectivity index (χ0) is 11.6. The second-order valence-corrected chi connectivity index (χ2v) is 4.87. The minimum absolute atomic E-state index is 0.480. The summed E-state index contributed by atoms with van der Waals surface area (Å²) in [6, 6.07) is 0. The lowest BCUT2D eigenvalue weighted by atomic mass is 10.0. The zero-order valence-electron chi connectivity index (χ0n) is 10.5. The average molecular weight is 222 g/mol. The second-order valence-electron chi connectivity index (χ2n) is 4.87. The van der Waals surface area contributed by atoms with Crippen LogP contribution in [-0.4, -0.2) is 12.7 Å². The zero-order valence-corrected chi connectivity index (χ0v) is 10.5. The van der Waals surface area contributed by atoms with Crippen molar-refractivity contribution in [2.24, 2.45) is 0 Å². The van der Waals surface area contributed by atoms with Gasteiger partial charge >= 0.3 is 0 Å². The Balaban J connectivity index is 1.81. The van der Waals surface area contributed by atoms with Gasteiger partial charge in [0.25, 0.3) is 0 Å². The molecule has 1 nitrogen and oxygen atoms in total.